The third-order valence-electron chi connectivity index (χ3n) is 6.07. The van der Waals surface area contributed by atoms with E-state index in [4.69, 9.17) is 9.94 Å². The molecule has 2 atom stereocenters. The van der Waals surface area contributed by atoms with Crippen molar-refractivity contribution in [3.8, 4) is 5.75 Å². The van der Waals surface area contributed by atoms with Crippen LogP contribution in [0.3, 0.4) is 0 Å². The molecule has 3 rings (SSSR count). The minimum atomic E-state index is -4.16. The van der Waals surface area contributed by atoms with Crippen molar-refractivity contribution in [1.82, 2.24) is 10.8 Å². The molecule has 10 heteroatoms. The van der Waals surface area contributed by atoms with Crippen LogP contribution in [0.5, 0.6) is 5.75 Å². The summed E-state index contributed by atoms with van der Waals surface area (Å²) in [5.74, 6) is -1.20. The van der Waals surface area contributed by atoms with E-state index < -0.39 is 32.1 Å². The number of hydroxylamine groups is 1. The van der Waals surface area contributed by atoms with Crippen LogP contribution >= 0.6 is 0 Å². The molecule has 1 aliphatic heterocycles. The largest absolute Gasteiger partial charge is 0.489 e. The highest BCUT2D eigenvalue weighted by molar-refractivity contribution is 7.92. The average molecular weight is 467 g/mol. The maximum Gasteiger partial charge on any atom is 0.278 e. The molecule has 1 amide bonds. The van der Waals surface area contributed by atoms with Gasteiger partial charge in [0.2, 0.25) is 0 Å². The Hall–Kier alpha value is -2.53. The molecule has 0 spiro atoms. The van der Waals surface area contributed by atoms with Crippen molar-refractivity contribution in [2.24, 2.45) is 0 Å². The first-order valence-electron chi connectivity index (χ1n) is 10.1. The van der Waals surface area contributed by atoms with E-state index in [0.717, 1.165) is 5.56 Å². The monoisotopic (exact) mass is 466 g/mol. The number of benzene rings is 2. The predicted octanol–water partition coefficient (Wildman–Crippen LogP) is 1.86. The number of hydrogen-bond acceptors (Lipinski definition) is 7. The number of halogens is 1. The second kappa shape index (κ2) is 8.78. The maximum absolute atomic E-state index is 13.4. The Morgan fingerprint density at radius 2 is 1.91 bits per heavy atom. The molecule has 1 saturated heterocycles. The Labute approximate surface area is 186 Å². The summed E-state index contributed by atoms with van der Waals surface area (Å²) in [7, 11) is -4.16. The molecule has 0 aromatic heterocycles. The molecule has 0 bridgehead atoms. The molecule has 0 radical (unpaired) electrons. The summed E-state index contributed by atoms with van der Waals surface area (Å²) in [6.45, 7) is 5.18. The van der Waals surface area contributed by atoms with Gasteiger partial charge in [-0.25, -0.2) is 18.3 Å². The number of amides is 1. The summed E-state index contributed by atoms with van der Waals surface area (Å²) >= 11 is 0. The lowest BCUT2D eigenvalue weighted by Crippen LogP contribution is -2.75. The van der Waals surface area contributed by atoms with E-state index in [-0.39, 0.29) is 30.3 Å². The number of carbonyl (C=O) groups excluding carboxylic acids is 1. The molecule has 8 nitrogen and oxygen atoms in total. The molecule has 1 aliphatic rings. The number of aliphatic hydroxyl groups is 1. The molecule has 1 fully saturated rings. The number of piperidine rings is 1. The first-order valence-corrected chi connectivity index (χ1v) is 11.6. The highest BCUT2D eigenvalue weighted by atomic mass is 32.2. The Bertz CT molecular complexity index is 1100. The van der Waals surface area contributed by atoms with E-state index >= 15 is 0 Å². The van der Waals surface area contributed by atoms with Gasteiger partial charge in [-0.3, -0.25) is 10.0 Å². The van der Waals surface area contributed by atoms with Crippen molar-refractivity contribution in [1.29, 1.82) is 0 Å². The van der Waals surface area contributed by atoms with Crippen molar-refractivity contribution >= 4 is 15.7 Å². The zero-order valence-corrected chi connectivity index (χ0v) is 18.9. The molecule has 1 heterocycles. The van der Waals surface area contributed by atoms with Crippen LogP contribution in [-0.4, -0.2) is 47.6 Å². The van der Waals surface area contributed by atoms with E-state index in [9.17, 15) is 22.7 Å². The number of rotatable bonds is 6. The Morgan fingerprint density at radius 1 is 1.25 bits per heavy atom. The fourth-order valence-electron chi connectivity index (χ4n) is 4.00. The fourth-order valence-corrected chi connectivity index (χ4v) is 6.13. The summed E-state index contributed by atoms with van der Waals surface area (Å²) in [6, 6.07) is 9.95. The Balaban J connectivity index is 1.85. The molecular weight excluding hydrogens is 439 g/mol. The van der Waals surface area contributed by atoms with Crippen LogP contribution < -0.4 is 15.5 Å². The average Bonchev–Trinajstić information content (AvgIpc) is 2.75. The van der Waals surface area contributed by atoms with Crippen molar-refractivity contribution in [2.45, 2.75) is 55.1 Å². The number of hydrogen-bond donors (Lipinski definition) is 4. The minimum Gasteiger partial charge on any atom is -0.489 e. The van der Waals surface area contributed by atoms with Gasteiger partial charge < -0.3 is 15.2 Å². The first-order chi connectivity index (χ1) is 14.9. The quantitative estimate of drug-likeness (QED) is 0.378. The van der Waals surface area contributed by atoms with Gasteiger partial charge in [-0.1, -0.05) is 6.07 Å². The maximum atomic E-state index is 13.4. The van der Waals surface area contributed by atoms with E-state index in [0.29, 0.717) is 11.3 Å². The number of sulfone groups is 1. The van der Waals surface area contributed by atoms with Gasteiger partial charge in [0, 0.05) is 0 Å². The van der Waals surface area contributed by atoms with Gasteiger partial charge in [-0.2, -0.15) is 0 Å². The molecule has 2 unspecified atom stereocenters. The van der Waals surface area contributed by atoms with Gasteiger partial charge in [0.05, 0.1) is 10.4 Å². The van der Waals surface area contributed by atoms with E-state index in [1.165, 1.54) is 55.7 Å². The summed E-state index contributed by atoms with van der Waals surface area (Å²) in [4.78, 5) is 12.3. The normalized spacial score (nSPS) is 22.9. The lowest BCUT2D eigenvalue weighted by Gasteiger charge is -2.49. The highest BCUT2D eigenvalue weighted by Crippen LogP contribution is 2.38. The van der Waals surface area contributed by atoms with E-state index in [2.05, 4.69) is 5.32 Å². The van der Waals surface area contributed by atoms with Gasteiger partial charge in [0.1, 0.15) is 23.4 Å². The van der Waals surface area contributed by atoms with Gasteiger partial charge >= 0.3 is 0 Å². The van der Waals surface area contributed by atoms with Crippen LogP contribution in [0.1, 0.15) is 31.4 Å². The predicted molar refractivity (Wildman–Crippen MR) is 114 cm³/mol. The second-order valence-electron chi connectivity index (χ2n) is 8.41. The van der Waals surface area contributed by atoms with Crippen LogP contribution in [0, 0.1) is 12.7 Å². The Morgan fingerprint density at radius 3 is 2.53 bits per heavy atom. The second-order valence-corrected chi connectivity index (χ2v) is 10.5. The summed E-state index contributed by atoms with van der Waals surface area (Å²) < 4.78 is 45.8. The number of ether oxygens (including phenoxy) is 1. The molecule has 174 valence electrons. The Kier molecular flexibility index (Phi) is 6.62. The topological polar surface area (TPSA) is 125 Å². The third-order valence-corrected chi connectivity index (χ3v) is 8.33. The van der Waals surface area contributed by atoms with Crippen molar-refractivity contribution in [2.75, 3.05) is 6.54 Å². The van der Waals surface area contributed by atoms with Gasteiger partial charge in [-0.05, 0) is 81.3 Å². The van der Waals surface area contributed by atoms with Crippen LogP contribution in [0.4, 0.5) is 4.39 Å². The first kappa shape index (κ1) is 24.1. The summed E-state index contributed by atoms with van der Waals surface area (Å²) in [5, 5.41) is 21.8. The number of nitrogens with one attached hydrogen (secondary N) is 2. The van der Waals surface area contributed by atoms with Crippen LogP contribution in [-0.2, 0) is 21.2 Å². The number of carbonyl (C=O) groups is 1. The lowest BCUT2D eigenvalue weighted by molar-refractivity contribution is -0.160. The zero-order chi connectivity index (χ0) is 23.7. The smallest absolute Gasteiger partial charge is 0.278 e. The van der Waals surface area contributed by atoms with Gasteiger partial charge in [-0.15, -0.1) is 0 Å². The van der Waals surface area contributed by atoms with Crippen molar-refractivity contribution < 1.29 is 32.7 Å². The highest BCUT2D eigenvalue weighted by Gasteiger charge is 2.61. The zero-order valence-electron chi connectivity index (χ0n) is 18.1. The third kappa shape index (κ3) is 4.23. The fraction of sp³-hybridized carbons (Fsp3) is 0.409. The minimum absolute atomic E-state index is 0.0349. The lowest BCUT2D eigenvalue weighted by atomic mass is 9.75. The molecule has 2 aromatic rings. The van der Waals surface area contributed by atoms with Gasteiger partial charge in [0.15, 0.2) is 15.4 Å². The van der Waals surface area contributed by atoms with Crippen LogP contribution in [0.2, 0.25) is 0 Å². The van der Waals surface area contributed by atoms with Crippen molar-refractivity contribution in [3.63, 3.8) is 0 Å². The van der Waals surface area contributed by atoms with Crippen LogP contribution in [0.25, 0.3) is 0 Å². The van der Waals surface area contributed by atoms with E-state index in [1.807, 2.05) is 6.92 Å². The van der Waals surface area contributed by atoms with Gasteiger partial charge in [0.25, 0.3) is 5.91 Å². The SMILES string of the molecule is Cc1ccc(F)cc1COc1ccc(S(=O)(=O)C2CCNC(C)(C)C2(O)C(=O)NO)cc1. The molecule has 4 N–H and O–H groups in total. The summed E-state index contributed by atoms with van der Waals surface area (Å²) in [5.41, 5.74) is -0.810. The van der Waals surface area contributed by atoms with Crippen molar-refractivity contribution in [3.05, 3.63) is 59.4 Å². The molecule has 32 heavy (non-hydrogen) atoms. The summed E-state index contributed by atoms with van der Waals surface area (Å²) in [6.07, 6.45) is -0.0349. The van der Waals surface area contributed by atoms with Crippen LogP contribution in [0.15, 0.2) is 47.4 Å². The standard InChI is InChI=1S/C22H27FN2O6S/c1-14-4-5-16(23)12-15(14)13-31-17-6-8-18(9-7-17)32(29,30)19-10-11-24-21(2,3)22(19,27)20(26)25-28/h4-9,12,19,24,27-28H,10-11,13H2,1-3H3,(H,25,26). The van der Waals surface area contributed by atoms with E-state index in [1.54, 1.807) is 6.07 Å². The molecule has 2 aromatic carbocycles. The number of aryl methyl sites for hydroxylation is 1. The molecule has 0 saturated carbocycles. The molecule has 0 aliphatic carbocycles. The molecular formula is C22H27FN2O6S.